The van der Waals surface area contributed by atoms with Crippen LogP contribution >= 0.6 is 11.6 Å². The Bertz CT molecular complexity index is 740. The largest absolute Gasteiger partial charge is 0.309 e. The standard InChI is InChI=1S/C22H26ClFN2O/c1-2-3-22(27)26(20-10-8-19(24)9-11-20)21-12-14-25(15-13-21)16-17-4-6-18(23)7-5-17/h4-11,21H,2-3,12-16H2,1H3. The van der Waals surface area contributed by atoms with E-state index in [0.717, 1.165) is 49.6 Å². The molecular weight excluding hydrogens is 363 g/mol. The lowest BCUT2D eigenvalue weighted by atomic mass is 10.0. The first-order valence-corrected chi connectivity index (χ1v) is 9.99. The Morgan fingerprint density at radius 3 is 2.33 bits per heavy atom. The van der Waals surface area contributed by atoms with Crippen LogP contribution in [0.1, 0.15) is 38.2 Å². The number of piperidine rings is 1. The van der Waals surface area contributed by atoms with Crippen molar-refractivity contribution in [2.45, 2.75) is 45.2 Å². The van der Waals surface area contributed by atoms with E-state index in [2.05, 4.69) is 17.0 Å². The van der Waals surface area contributed by atoms with Gasteiger partial charge in [-0.15, -0.1) is 0 Å². The second kappa shape index (κ2) is 9.34. The molecule has 1 fully saturated rings. The monoisotopic (exact) mass is 388 g/mol. The molecule has 0 spiro atoms. The summed E-state index contributed by atoms with van der Waals surface area (Å²) in [5, 5.41) is 0.752. The lowest BCUT2D eigenvalue weighted by Crippen LogP contribution is -2.47. The van der Waals surface area contributed by atoms with Crippen molar-refractivity contribution in [3.63, 3.8) is 0 Å². The van der Waals surface area contributed by atoms with Crippen LogP contribution in [0.4, 0.5) is 10.1 Å². The van der Waals surface area contributed by atoms with E-state index in [1.807, 2.05) is 24.0 Å². The van der Waals surface area contributed by atoms with Crippen molar-refractivity contribution >= 4 is 23.2 Å². The van der Waals surface area contributed by atoms with Gasteiger partial charge in [-0.3, -0.25) is 9.69 Å². The fourth-order valence-electron chi connectivity index (χ4n) is 3.68. The molecule has 2 aromatic rings. The molecule has 0 bridgehead atoms. The van der Waals surface area contributed by atoms with Crippen LogP contribution in [0.2, 0.25) is 5.02 Å². The minimum absolute atomic E-state index is 0.125. The van der Waals surface area contributed by atoms with Gasteiger partial charge in [-0.05, 0) is 61.2 Å². The predicted molar refractivity (Wildman–Crippen MR) is 109 cm³/mol. The lowest BCUT2D eigenvalue weighted by Gasteiger charge is -2.38. The van der Waals surface area contributed by atoms with Crippen LogP contribution < -0.4 is 4.90 Å². The maximum absolute atomic E-state index is 13.3. The van der Waals surface area contributed by atoms with E-state index in [4.69, 9.17) is 11.6 Å². The number of benzene rings is 2. The maximum Gasteiger partial charge on any atom is 0.227 e. The van der Waals surface area contributed by atoms with Crippen LogP contribution in [0.15, 0.2) is 48.5 Å². The molecule has 0 radical (unpaired) electrons. The van der Waals surface area contributed by atoms with Crippen molar-refractivity contribution in [2.75, 3.05) is 18.0 Å². The molecule has 1 aliphatic heterocycles. The molecule has 2 aromatic carbocycles. The summed E-state index contributed by atoms with van der Waals surface area (Å²) in [6.45, 7) is 4.77. The molecule has 0 aromatic heterocycles. The van der Waals surface area contributed by atoms with Crippen LogP contribution in [0.25, 0.3) is 0 Å². The second-order valence-electron chi connectivity index (χ2n) is 7.12. The summed E-state index contributed by atoms with van der Waals surface area (Å²) in [5.41, 5.74) is 2.04. The van der Waals surface area contributed by atoms with Crippen molar-refractivity contribution in [1.29, 1.82) is 0 Å². The third kappa shape index (κ3) is 5.30. The van der Waals surface area contributed by atoms with E-state index >= 15 is 0 Å². The van der Waals surface area contributed by atoms with E-state index in [1.165, 1.54) is 17.7 Å². The van der Waals surface area contributed by atoms with Crippen LogP contribution in [-0.4, -0.2) is 29.9 Å². The van der Waals surface area contributed by atoms with E-state index < -0.39 is 0 Å². The lowest BCUT2D eigenvalue weighted by molar-refractivity contribution is -0.119. The van der Waals surface area contributed by atoms with E-state index in [-0.39, 0.29) is 17.8 Å². The number of hydrogen-bond donors (Lipinski definition) is 0. The van der Waals surface area contributed by atoms with Crippen LogP contribution in [0.5, 0.6) is 0 Å². The van der Waals surface area contributed by atoms with Crippen LogP contribution in [-0.2, 0) is 11.3 Å². The van der Waals surface area contributed by atoms with Gasteiger partial charge in [0.2, 0.25) is 5.91 Å². The van der Waals surface area contributed by atoms with Gasteiger partial charge in [0.1, 0.15) is 5.82 Å². The second-order valence-corrected chi connectivity index (χ2v) is 7.56. The van der Waals surface area contributed by atoms with Crippen molar-refractivity contribution in [1.82, 2.24) is 4.90 Å². The number of carbonyl (C=O) groups excluding carboxylic acids is 1. The first-order chi connectivity index (χ1) is 13.1. The third-order valence-electron chi connectivity index (χ3n) is 5.08. The molecule has 3 rings (SSSR count). The fraction of sp³-hybridized carbons (Fsp3) is 0.409. The SMILES string of the molecule is CCCC(=O)N(c1ccc(F)cc1)C1CCN(Cc2ccc(Cl)cc2)CC1. The summed E-state index contributed by atoms with van der Waals surface area (Å²) in [4.78, 5) is 17.0. The molecule has 1 heterocycles. The number of rotatable bonds is 6. The Balaban J connectivity index is 1.65. The first-order valence-electron chi connectivity index (χ1n) is 9.61. The summed E-state index contributed by atoms with van der Waals surface area (Å²) in [6, 6.07) is 14.4. The number of amides is 1. The van der Waals surface area contributed by atoms with Crippen molar-refractivity contribution in [3.8, 4) is 0 Å². The Morgan fingerprint density at radius 2 is 1.74 bits per heavy atom. The summed E-state index contributed by atoms with van der Waals surface area (Å²) >= 11 is 5.96. The average molecular weight is 389 g/mol. The van der Waals surface area contributed by atoms with Gasteiger partial charge in [-0.25, -0.2) is 4.39 Å². The van der Waals surface area contributed by atoms with E-state index in [9.17, 15) is 9.18 Å². The number of nitrogens with zero attached hydrogens (tertiary/aromatic N) is 2. The Hall–Kier alpha value is -1.91. The molecule has 0 unspecified atom stereocenters. The molecule has 1 saturated heterocycles. The summed E-state index contributed by atoms with van der Waals surface area (Å²) in [6.07, 6.45) is 3.16. The molecule has 0 N–H and O–H groups in total. The molecule has 27 heavy (non-hydrogen) atoms. The molecule has 144 valence electrons. The van der Waals surface area contributed by atoms with Gasteiger partial charge in [0.25, 0.3) is 0 Å². The number of carbonyl (C=O) groups is 1. The van der Waals surface area contributed by atoms with Gasteiger partial charge in [0, 0.05) is 42.8 Å². The first kappa shape index (κ1) is 19.8. The number of halogens is 2. The highest BCUT2D eigenvalue weighted by Crippen LogP contribution is 2.26. The average Bonchev–Trinajstić information content (AvgIpc) is 2.67. The third-order valence-corrected chi connectivity index (χ3v) is 5.33. The Morgan fingerprint density at radius 1 is 1.11 bits per heavy atom. The number of hydrogen-bond acceptors (Lipinski definition) is 2. The van der Waals surface area contributed by atoms with Crippen LogP contribution in [0.3, 0.4) is 0 Å². The Kier molecular flexibility index (Phi) is 6.86. The minimum Gasteiger partial charge on any atom is -0.309 e. The smallest absolute Gasteiger partial charge is 0.227 e. The molecule has 5 heteroatoms. The topological polar surface area (TPSA) is 23.6 Å². The normalized spacial score (nSPS) is 15.7. The minimum atomic E-state index is -0.278. The highest BCUT2D eigenvalue weighted by molar-refractivity contribution is 6.30. The van der Waals surface area contributed by atoms with Crippen LogP contribution in [0, 0.1) is 5.82 Å². The number of likely N-dealkylation sites (tertiary alicyclic amines) is 1. The van der Waals surface area contributed by atoms with E-state index in [1.54, 1.807) is 12.1 Å². The van der Waals surface area contributed by atoms with Crippen molar-refractivity contribution in [2.24, 2.45) is 0 Å². The zero-order chi connectivity index (χ0) is 19.2. The quantitative estimate of drug-likeness (QED) is 0.672. The van der Waals surface area contributed by atoms with Gasteiger partial charge in [-0.2, -0.15) is 0 Å². The molecule has 0 aliphatic carbocycles. The van der Waals surface area contributed by atoms with Gasteiger partial charge in [-0.1, -0.05) is 30.7 Å². The Labute approximate surface area is 165 Å². The fourth-order valence-corrected chi connectivity index (χ4v) is 3.80. The highest BCUT2D eigenvalue weighted by atomic mass is 35.5. The molecular formula is C22H26ClFN2O. The number of anilines is 1. The predicted octanol–water partition coefficient (Wildman–Crippen LogP) is 5.28. The highest BCUT2D eigenvalue weighted by Gasteiger charge is 2.28. The van der Waals surface area contributed by atoms with Gasteiger partial charge in [0.05, 0.1) is 0 Å². The van der Waals surface area contributed by atoms with Gasteiger partial charge >= 0.3 is 0 Å². The van der Waals surface area contributed by atoms with Crippen molar-refractivity contribution < 1.29 is 9.18 Å². The molecule has 1 aliphatic rings. The van der Waals surface area contributed by atoms with E-state index in [0.29, 0.717) is 6.42 Å². The van der Waals surface area contributed by atoms with Gasteiger partial charge in [0.15, 0.2) is 0 Å². The summed E-state index contributed by atoms with van der Waals surface area (Å²) in [7, 11) is 0. The summed E-state index contributed by atoms with van der Waals surface area (Å²) in [5.74, 6) is -0.153. The molecule has 3 nitrogen and oxygen atoms in total. The van der Waals surface area contributed by atoms with Gasteiger partial charge < -0.3 is 4.90 Å². The zero-order valence-corrected chi connectivity index (χ0v) is 16.5. The molecule has 0 saturated carbocycles. The zero-order valence-electron chi connectivity index (χ0n) is 15.7. The van der Waals surface area contributed by atoms with Crippen molar-refractivity contribution in [3.05, 3.63) is 64.9 Å². The molecule has 1 amide bonds. The molecule has 0 atom stereocenters. The maximum atomic E-state index is 13.3. The summed E-state index contributed by atoms with van der Waals surface area (Å²) < 4.78 is 13.3.